The van der Waals surface area contributed by atoms with Gasteiger partial charge in [-0.05, 0) is 35.9 Å². The number of hydrogen-bond donors (Lipinski definition) is 3. The molecule has 3 N–H and O–H groups in total. The number of benzene rings is 2. The van der Waals surface area contributed by atoms with E-state index in [0.29, 0.717) is 16.3 Å². The number of aromatic amines is 1. The zero-order valence-corrected chi connectivity index (χ0v) is 15.6. The summed E-state index contributed by atoms with van der Waals surface area (Å²) in [6.07, 6.45) is 1.31. The van der Waals surface area contributed by atoms with Gasteiger partial charge in [0.05, 0.1) is 17.3 Å². The quantitative estimate of drug-likeness (QED) is 0.479. The molecule has 0 aliphatic carbocycles. The van der Waals surface area contributed by atoms with Crippen molar-refractivity contribution in [3.8, 4) is 11.4 Å². The number of aromatic nitrogens is 3. The van der Waals surface area contributed by atoms with Gasteiger partial charge in [-0.2, -0.15) is 5.10 Å². The predicted molar refractivity (Wildman–Crippen MR) is 106 cm³/mol. The number of nitrogens with one attached hydrogen (secondary N) is 2. The molecule has 0 radical (unpaired) electrons. The molecule has 4 aromatic rings. The summed E-state index contributed by atoms with van der Waals surface area (Å²) in [7, 11) is 0. The predicted octanol–water partition coefficient (Wildman–Crippen LogP) is 3.14. The molecule has 0 spiro atoms. The number of carbonyl (C=O) groups is 1. The number of halogens is 2. The average Bonchev–Trinajstić information content (AvgIpc) is 3.12. The van der Waals surface area contributed by atoms with E-state index < -0.39 is 28.6 Å². The largest absolute Gasteiger partial charge is 0.506 e. The number of pyridine rings is 1. The molecular weight excluding hydrogens is 399 g/mol. The normalized spacial score (nSPS) is 11.0. The molecular formula is C20H14ClFN4O3. The Balaban J connectivity index is 1.69. The smallest absolute Gasteiger partial charge is 0.266 e. The number of hydrogen-bond acceptors (Lipinski definition) is 4. The average molecular weight is 413 g/mol. The Morgan fingerprint density at radius 1 is 1.21 bits per heavy atom. The van der Waals surface area contributed by atoms with E-state index in [9.17, 15) is 19.1 Å². The third-order valence-electron chi connectivity index (χ3n) is 4.42. The Bertz CT molecular complexity index is 1280. The standard InChI is InChI=1S/C20H14ClFN4O3/c21-15-4-2-1-3-11(15)9-23-19(28)16-17(27)14-10-24-26(18(14)25-20(16)29)13-7-5-12(22)6-8-13/h1-8,10H,9H2,(H,23,28)(H2,25,27,29). The summed E-state index contributed by atoms with van der Waals surface area (Å²) in [5.74, 6) is -1.66. The topological polar surface area (TPSA) is 100 Å². The van der Waals surface area contributed by atoms with Gasteiger partial charge in [-0.1, -0.05) is 29.8 Å². The van der Waals surface area contributed by atoms with E-state index in [0.717, 1.165) is 0 Å². The molecule has 4 rings (SSSR count). The van der Waals surface area contributed by atoms with E-state index in [-0.39, 0.29) is 17.6 Å². The minimum Gasteiger partial charge on any atom is -0.506 e. The van der Waals surface area contributed by atoms with Gasteiger partial charge in [0.1, 0.15) is 22.8 Å². The van der Waals surface area contributed by atoms with Crippen LogP contribution >= 0.6 is 11.6 Å². The molecule has 1 amide bonds. The lowest BCUT2D eigenvalue weighted by atomic mass is 10.1. The van der Waals surface area contributed by atoms with E-state index in [4.69, 9.17) is 11.6 Å². The van der Waals surface area contributed by atoms with Crippen molar-refractivity contribution in [2.24, 2.45) is 0 Å². The van der Waals surface area contributed by atoms with Crippen LogP contribution in [0.1, 0.15) is 15.9 Å². The van der Waals surface area contributed by atoms with E-state index in [1.165, 1.54) is 35.1 Å². The fraction of sp³-hybridized carbons (Fsp3) is 0.0500. The van der Waals surface area contributed by atoms with Crippen molar-refractivity contribution in [1.82, 2.24) is 20.1 Å². The van der Waals surface area contributed by atoms with Crippen LogP contribution in [0.2, 0.25) is 5.02 Å². The molecule has 2 heterocycles. The van der Waals surface area contributed by atoms with Crippen molar-refractivity contribution in [2.45, 2.75) is 6.54 Å². The third kappa shape index (κ3) is 3.45. The van der Waals surface area contributed by atoms with Crippen LogP contribution in [0, 0.1) is 5.82 Å². The van der Waals surface area contributed by atoms with Gasteiger partial charge < -0.3 is 15.4 Å². The summed E-state index contributed by atoms with van der Waals surface area (Å²) < 4.78 is 14.5. The van der Waals surface area contributed by atoms with Crippen molar-refractivity contribution in [3.05, 3.63) is 87.0 Å². The molecule has 2 aromatic carbocycles. The molecule has 0 aliphatic rings. The summed E-state index contributed by atoms with van der Waals surface area (Å²) in [6, 6.07) is 12.4. The van der Waals surface area contributed by atoms with Gasteiger partial charge in [-0.25, -0.2) is 9.07 Å². The molecule has 0 aliphatic heterocycles. The van der Waals surface area contributed by atoms with Crippen LogP contribution in [0.5, 0.6) is 5.75 Å². The Morgan fingerprint density at radius 3 is 2.66 bits per heavy atom. The second-order valence-corrected chi connectivity index (χ2v) is 6.65. The van der Waals surface area contributed by atoms with Crippen molar-refractivity contribution in [2.75, 3.05) is 0 Å². The van der Waals surface area contributed by atoms with E-state index in [1.54, 1.807) is 24.3 Å². The van der Waals surface area contributed by atoms with Gasteiger partial charge >= 0.3 is 0 Å². The first kappa shape index (κ1) is 18.7. The molecule has 0 saturated heterocycles. The maximum Gasteiger partial charge on any atom is 0.266 e. The van der Waals surface area contributed by atoms with Crippen LogP contribution in [-0.2, 0) is 6.54 Å². The van der Waals surface area contributed by atoms with Crippen molar-refractivity contribution in [3.63, 3.8) is 0 Å². The summed E-state index contributed by atoms with van der Waals surface area (Å²) in [4.78, 5) is 27.6. The van der Waals surface area contributed by atoms with Gasteiger partial charge in [0, 0.05) is 11.6 Å². The second-order valence-electron chi connectivity index (χ2n) is 6.25. The molecule has 0 saturated carbocycles. The number of H-pyrrole nitrogens is 1. The van der Waals surface area contributed by atoms with Gasteiger partial charge in [-0.3, -0.25) is 9.59 Å². The minimum atomic E-state index is -0.782. The summed E-state index contributed by atoms with van der Waals surface area (Å²) >= 11 is 6.06. The lowest BCUT2D eigenvalue weighted by molar-refractivity contribution is 0.0947. The van der Waals surface area contributed by atoms with E-state index in [1.807, 2.05) is 0 Å². The number of rotatable bonds is 4. The zero-order valence-electron chi connectivity index (χ0n) is 14.8. The summed E-state index contributed by atoms with van der Waals surface area (Å²) in [5, 5.41) is 17.9. The highest BCUT2D eigenvalue weighted by Crippen LogP contribution is 2.26. The molecule has 7 nitrogen and oxygen atoms in total. The fourth-order valence-corrected chi connectivity index (χ4v) is 3.15. The Morgan fingerprint density at radius 2 is 1.93 bits per heavy atom. The van der Waals surface area contributed by atoms with E-state index in [2.05, 4.69) is 15.4 Å². The SMILES string of the molecule is O=C(NCc1ccccc1Cl)c1c(O)c2cnn(-c3ccc(F)cc3)c2[nH]c1=O. The molecule has 9 heteroatoms. The van der Waals surface area contributed by atoms with Crippen molar-refractivity contribution in [1.29, 1.82) is 0 Å². The van der Waals surface area contributed by atoms with Crippen LogP contribution < -0.4 is 10.9 Å². The number of fused-ring (bicyclic) bond motifs is 1. The van der Waals surface area contributed by atoms with Crippen LogP contribution in [0.3, 0.4) is 0 Å². The van der Waals surface area contributed by atoms with Crippen LogP contribution in [0.4, 0.5) is 4.39 Å². The zero-order chi connectivity index (χ0) is 20.5. The first-order valence-corrected chi connectivity index (χ1v) is 8.94. The van der Waals surface area contributed by atoms with E-state index >= 15 is 0 Å². The molecule has 29 heavy (non-hydrogen) atoms. The van der Waals surface area contributed by atoms with Gasteiger partial charge in [0.25, 0.3) is 11.5 Å². The highest BCUT2D eigenvalue weighted by molar-refractivity contribution is 6.31. The second kappa shape index (κ2) is 7.40. The van der Waals surface area contributed by atoms with Crippen molar-refractivity contribution < 1.29 is 14.3 Å². The Hall–Kier alpha value is -3.65. The number of amides is 1. The maximum atomic E-state index is 13.2. The third-order valence-corrected chi connectivity index (χ3v) is 4.78. The summed E-state index contributed by atoms with van der Waals surface area (Å²) in [5.41, 5.74) is 0.122. The van der Waals surface area contributed by atoms with Crippen molar-refractivity contribution >= 4 is 28.5 Å². The maximum absolute atomic E-state index is 13.2. The number of aromatic hydroxyl groups is 1. The monoisotopic (exact) mass is 412 g/mol. The highest BCUT2D eigenvalue weighted by atomic mass is 35.5. The number of nitrogens with zero attached hydrogens (tertiary/aromatic N) is 2. The molecule has 0 atom stereocenters. The highest BCUT2D eigenvalue weighted by Gasteiger charge is 2.21. The lowest BCUT2D eigenvalue weighted by Crippen LogP contribution is -2.29. The molecule has 146 valence electrons. The minimum absolute atomic E-state index is 0.0876. The van der Waals surface area contributed by atoms with Crippen LogP contribution in [0.25, 0.3) is 16.7 Å². The Kier molecular flexibility index (Phi) is 4.77. The molecule has 0 unspecified atom stereocenters. The van der Waals surface area contributed by atoms with Gasteiger partial charge in [0.15, 0.2) is 0 Å². The Labute approximate surface area is 168 Å². The van der Waals surface area contributed by atoms with Gasteiger partial charge in [-0.15, -0.1) is 0 Å². The van der Waals surface area contributed by atoms with Crippen LogP contribution in [-0.4, -0.2) is 25.8 Å². The molecule has 0 fully saturated rings. The first-order chi connectivity index (χ1) is 14.0. The molecule has 2 aromatic heterocycles. The fourth-order valence-electron chi connectivity index (χ4n) is 2.95. The van der Waals surface area contributed by atoms with Gasteiger partial charge in [0.2, 0.25) is 0 Å². The first-order valence-electron chi connectivity index (χ1n) is 8.56. The number of carbonyl (C=O) groups excluding carboxylic acids is 1. The summed E-state index contributed by atoms with van der Waals surface area (Å²) in [6.45, 7) is 0.0876. The molecule has 0 bridgehead atoms. The van der Waals surface area contributed by atoms with Crippen LogP contribution in [0.15, 0.2) is 59.5 Å². The lowest BCUT2D eigenvalue weighted by Gasteiger charge is -2.09.